The summed E-state index contributed by atoms with van der Waals surface area (Å²) in [5, 5.41) is 1.92. The van der Waals surface area contributed by atoms with E-state index in [1.165, 1.54) is 11.6 Å². The van der Waals surface area contributed by atoms with Crippen molar-refractivity contribution in [3.05, 3.63) is 66.1 Å². The van der Waals surface area contributed by atoms with Crippen molar-refractivity contribution in [3.8, 4) is 11.3 Å². The quantitative estimate of drug-likeness (QED) is 0.530. The van der Waals surface area contributed by atoms with Crippen LogP contribution >= 0.6 is 0 Å². The van der Waals surface area contributed by atoms with Crippen LogP contribution in [0.4, 0.5) is 4.39 Å². The van der Waals surface area contributed by atoms with E-state index in [-0.39, 0.29) is 5.82 Å². The topological polar surface area (TPSA) is 28.7 Å². The summed E-state index contributed by atoms with van der Waals surface area (Å²) in [5.74, 6) is -0.287. The predicted octanol–water partition coefficient (Wildman–Crippen LogP) is 4.83. The lowest BCUT2D eigenvalue weighted by molar-refractivity contribution is 0.637. The van der Waals surface area contributed by atoms with Gasteiger partial charge in [-0.2, -0.15) is 0 Å². The number of aryl methyl sites for hydroxylation is 1. The minimum atomic E-state index is -0.287. The second kappa shape index (κ2) is 4.42. The van der Waals surface area contributed by atoms with Crippen LogP contribution in [0.25, 0.3) is 33.1 Å². The van der Waals surface area contributed by atoms with E-state index in [1.807, 2.05) is 30.5 Å². The smallest absolute Gasteiger partial charge is 0.149 e. The largest absolute Gasteiger partial charge is 0.360 e. The molecule has 0 aliphatic heterocycles. The second-order valence-electron chi connectivity index (χ2n) is 5.21. The Morgan fingerprint density at radius 2 is 1.86 bits per heavy atom. The molecule has 21 heavy (non-hydrogen) atoms. The van der Waals surface area contributed by atoms with Crippen molar-refractivity contribution in [2.24, 2.45) is 0 Å². The average Bonchev–Trinajstić information content (AvgIpc) is 2.93. The summed E-state index contributed by atoms with van der Waals surface area (Å²) in [6.07, 6.45) is 1.94. The maximum absolute atomic E-state index is 13.9. The lowest BCUT2D eigenvalue weighted by atomic mass is 10.1. The minimum Gasteiger partial charge on any atom is -0.360 e. The fourth-order valence-corrected chi connectivity index (χ4v) is 2.78. The third-order valence-electron chi connectivity index (χ3n) is 3.87. The van der Waals surface area contributed by atoms with Crippen LogP contribution in [0.2, 0.25) is 0 Å². The molecule has 2 aromatic carbocycles. The lowest BCUT2D eigenvalue weighted by Gasteiger charge is -2.03. The molecule has 4 aromatic rings. The first-order valence-corrected chi connectivity index (χ1v) is 6.86. The predicted molar refractivity (Wildman–Crippen MR) is 83.7 cm³/mol. The molecule has 0 saturated heterocycles. The maximum atomic E-state index is 13.9. The maximum Gasteiger partial charge on any atom is 0.149 e. The number of nitrogens with zero attached hydrogens (tertiary/aromatic N) is 1. The molecule has 0 saturated carbocycles. The fraction of sp³-hybridized carbons (Fsp3) is 0.0556. The van der Waals surface area contributed by atoms with Crippen molar-refractivity contribution in [1.29, 1.82) is 0 Å². The zero-order chi connectivity index (χ0) is 14.4. The molecule has 2 nitrogen and oxygen atoms in total. The number of aromatic amines is 1. The number of hydrogen-bond donors (Lipinski definition) is 1. The third-order valence-corrected chi connectivity index (χ3v) is 3.87. The van der Waals surface area contributed by atoms with Gasteiger partial charge in [-0.05, 0) is 24.6 Å². The summed E-state index contributed by atoms with van der Waals surface area (Å²) in [6.45, 7) is 2.07. The standard InChI is InChI=1S/C18H13FN2/c1-11-4-2-6-13-14(10-20-17(11)13)16-9-8-12-5-3-7-15(19)18(12)21-16/h2-10,20H,1H3. The van der Waals surface area contributed by atoms with Crippen molar-refractivity contribution < 1.29 is 4.39 Å². The molecule has 0 bridgehead atoms. The normalized spacial score (nSPS) is 11.3. The number of hydrogen-bond acceptors (Lipinski definition) is 1. The zero-order valence-corrected chi connectivity index (χ0v) is 11.5. The van der Waals surface area contributed by atoms with Gasteiger partial charge in [0.25, 0.3) is 0 Å². The summed E-state index contributed by atoms with van der Waals surface area (Å²) in [4.78, 5) is 7.79. The molecule has 0 aliphatic carbocycles. The summed E-state index contributed by atoms with van der Waals surface area (Å²) in [5.41, 5.74) is 4.48. The highest BCUT2D eigenvalue weighted by molar-refractivity contribution is 5.97. The molecule has 0 fully saturated rings. The van der Waals surface area contributed by atoms with Gasteiger partial charge in [0.1, 0.15) is 11.3 Å². The number of para-hydroxylation sites is 2. The Bertz CT molecular complexity index is 969. The second-order valence-corrected chi connectivity index (χ2v) is 5.21. The van der Waals surface area contributed by atoms with E-state index < -0.39 is 0 Å². The van der Waals surface area contributed by atoms with Crippen molar-refractivity contribution in [2.45, 2.75) is 6.92 Å². The number of rotatable bonds is 1. The van der Waals surface area contributed by atoms with Crippen molar-refractivity contribution in [3.63, 3.8) is 0 Å². The van der Waals surface area contributed by atoms with E-state index in [0.717, 1.165) is 27.5 Å². The molecule has 1 N–H and O–H groups in total. The van der Waals surface area contributed by atoms with E-state index in [4.69, 9.17) is 0 Å². The van der Waals surface area contributed by atoms with Gasteiger partial charge in [-0.25, -0.2) is 9.37 Å². The molecule has 2 aromatic heterocycles. The molecule has 0 spiro atoms. The van der Waals surface area contributed by atoms with Gasteiger partial charge in [0, 0.05) is 28.0 Å². The van der Waals surface area contributed by atoms with E-state index >= 15 is 0 Å². The fourth-order valence-electron chi connectivity index (χ4n) is 2.78. The van der Waals surface area contributed by atoms with Crippen molar-refractivity contribution >= 4 is 21.8 Å². The summed E-state index contributed by atoms with van der Waals surface area (Å²) in [7, 11) is 0. The Kier molecular flexibility index (Phi) is 2.54. The molecule has 0 radical (unpaired) electrons. The summed E-state index contributed by atoms with van der Waals surface area (Å²) in [6, 6.07) is 15.0. The third kappa shape index (κ3) is 1.82. The molecule has 0 unspecified atom stereocenters. The van der Waals surface area contributed by atoms with Crippen LogP contribution in [0, 0.1) is 12.7 Å². The van der Waals surface area contributed by atoms with Crippen LogP contribution in [0.5, 0.6) is 0 Å². The first-order chi connectivity index (χ1) is 10.2. The Balaban J connectivity index is 2.00. The van der Waals surface area contributed by atoms with Crippen LogP contribution in [-0.2, 0) is 0 Å². The highest BCUT2D eigenvalue weighted by Gasteiger charge is 2.10. The Morgan fingerprint density at radius 3 is 2.76 bits per heavy atom. The number of fused-ring (bicyclic) bond motifs is 2. The van der Waals surface area contributed by atoms with E-state index in [2.05, 4.69) is 29.0 Å². The molecular weight excluding hydrogens is 263 g/mol. The molecule has 0 amide bonds. The summed E-state index contributed by atoms with van der Waals surface area (Å²) >= 11 is 0. The van der Waals surface area contributed by atoms with Gasteiger partial charge in [-0.15, -0.1) is 0 Å². The van der Waals surface area contributed by atoms with E-state index in [0.29, 0.717) is 5.52 Å². The van der Waals surface area contributed by atoms with Crippen LogP contribution in [0.15, 0.2) is 54.7 Å². The highest BCUT2D eigenvalue weighted by Crippen LogP contribution is 2.30. The van der Waals surface area contributed by atoms with Crippen molar-refractivity contribution in [2.75, 3.05) is 0 Å². The van der Waals surface area contributed by atoms with Crippen LogP contribution in [-0.4, -0.2) is 9.97 Å². The number of nitrogens with one attached hydrogen (secondary N) is 1. The highest BCUT2D eigenvalue weighted by atomic mass is 19.1. The van der Waals surface area contributed by atoms with Crippen LogP contribution < -0.4 is 0 Å². The minimum absolute atomic E-state index is 0.287. The number of halogens is 1. The van der Waals surface area contributed by atoms with Gasteiger partial charge in [-0.1, -0.05) is 36.4 Å². The molecule has 3 heteroatoms. The zero-order valence-electron chi connectivity index (χ0n) is 11.5. The van der Waals surface area contributed by atoms with Gasteiger partial charge < -0.3 is 4.98 Å². The van der Waals surface area contributed by atoms with Crippen molar-refractivity contribution in [1.82, 2.24) is 9.97 Å². The number of pyridine rings is 1. The lowest BCUT2D eigenvalue weighted by Crippen LogP contribution is -1.87. The van der Waals surface area contributed by atoms with E-state index in [1.54, 1.807) is 6.07 Å². The molecule has 0 aliphatic rings. The number of benzene rings is 2. The SMILES string of the molecule is Cc1cccc2c(-c3ccc4cccc(F)c4n3)c[nH]c12. The molecule has 0 atom stereocenters. The molecular formula is C18H13FN2. The summed E-state index contributed by atoms with van der Waals surface area (Å²) < 4.78 is 13.9. The first-order valence-electron chi connectivity index (χ1n) is 6.86. The van der Waals surface area contributed by atoms with Crippen LogP contribution in [0.3, 0.4) is 0 Å². The monoisotopic (exact) mass is 276 g/mol. The van der Waals surface area contributed by atoms with Gasteiger partial charge >= 0.3 is 0 Å². The van der Waals surface area contributed by atoms with E-state index in [9.17, 15) is 4.39 Å². The number of H-pyrrole nitrogens is 1. The first kappa shape index (κ1) is 12.1. The Hall–Kier alpha value is -2.68. The number of aromatic nitrogens is 2. The Labute approximate surface area is 121 Å². The van der Waals surface area contributed by atoms with Gasteiger partial charge in [0.15, 0.2) is 0 Å². The van der Waals surface area contributed by atoms with Crippen LogP contribution in [0.1, 0.15) is 5.56 Å². The molecule has 102 valence electrons. The molecule has 4 rings (SSSR count). The molecule has 2 heterocycles. The van der Waals surface area contributed by atoms with Gasteiger partial charge in [0.05, 0.1) is 5.69 Å². The average molecular weight is 276 g/mol. The van der Waals surface area contributed by atoms with Gasteiger partial charge in [-0.3, -0.25) is 0 Å². The Morgan fingerprint density at radius 1 is 1.00 bits per heavy atom. The van der Waals surface area contributed by atoms with Gasteiger partial charge in [0.2, 0.25) is 0 Å².